The van der Waals surface area contributed by atoms with Crippen LogP contribution in [0.1, 0.15) is 45.4 Å². The zero-order valence-corrected chi connectivity index (χ0v) is 10.8. The van der Waals surface area contributed by atoms with E-state index in [0.717, 1.165) is 19.3 Å². The van der Waals surface area contributed by atoms with Crippen molar-refractivity contribution in [1.82, 2.24) is 9.44 Å². The Morgan fingerprint density at radius 2 is 1.88 bits per heavy atom. The summed E-state index contributed by atoms with van der Waals surface area (Å²) in [4.78, 5) is 11.3. The highest BCUT2D eigenvalue weighted by Gasteiger charge is 2.42. The lowest BCUT2D eigenvalue weighted by Gasteiger charge is -2.33. The van der Waals surface area contributed by atoms with Crippen LogP contribution in [0.25, 0.3) is 0 Å². The van der Waals surface area contributed by atoms with Gasteiger partial charge in [0.1, 0.15) is 5.54 Å². The largest absolute Gasteiger partial charge is 0.480 e. The summed E-state index contributed by atoms with van der Waals surface area (Å²) in [6, 6.07) is 0. The van der Waals surface area contributed by atoms with Crippen LogP contribution in [0.5, 0.6) is 0 Å². The molecule has 0 atom stereocenters. The second-order valence-electron chi connectivity index (χ2n) is 4.45. The van der Waals surface area contributed by atoms with Gasteiger partial charge in [-0.15, -0.1) is 0 Å². The second-order valence-corrected chi connectivity index (χ2v) is 5.95. The van der Waals surface area contributed by atoms with Gasteiger partial charge in [0.2, 0.25) is 0 Å². The van der Waals surface area contributed by atoms with Gasteiger partial charge in [0.05, 0.1) is 0 Å². The lowest BCUT2D eigenvalue weighted by molar-refractivity contribution is -0.145. The van der Waals surface area contributed by atoms with Crippen molar-refractivity contribution < 1.29 is 18.3 Å². The van der Waals surface area contributed by atoms with E-state index in [4.69, 9.17) is 0 Å². The molecule has 7 heteroatoms. The molecule has 6 nitrogen and oxygen atoms in total. The summed E-state index contributed by atoms with van der Waals surface area (Å²) in [6.07, 6.45) is 3.82. The molecule has 0 saturated heterocycles. The Morgan fingerprint density at radius 3 is 2.35 bits per heavy atom. The molecule has 0 aromatic rings. The van der Waals surface area contributed by atoms with Crippen molar-refractivity contribution in [3.63, 3.8) is 0 Å². The Balaban J connectivity index is 2.76. The molecule has 0 heterocycles. The van der Waals surface area contributed by atoms with Crippen LogP contribution in [0.15, 0.2) is 0 Å². The third-order valence-corrected chi connectivity index (χ3v) is 4.23. The van der Waals surface area contributed by atoms with Gasteiger partial charge in [0.15, 0.2) is 0 Å². The van der Waals surface area contributed by atoms with Crippen LogP contribution in [-0.2, 0) is 15.0 Å². The lowest BCUT2D eigenvalue weighted by atomic mass is 9.83. The standard InChI is InChI=1S/C10H20N2O4S/c1-2-8-11-17(15,16)12-10(9(13)14)6-4-3-5-7-10/h11-12H,2-8H2,1H3,(H,13,14). The Morgan fingerprint density at radius 1 is 1.29 bits per heavy atom. The maximum absolute atomic E-state index is 11.7. The Kier molecular flexibility index (Phi) is 4.91. The molecule has 1 saturated carbocycles. The fourth-order valence-electron chi connectivity index (χ4n) is 2.04. The van der Waals surface area contributed by atoms with E-state index in [1.807, 2.05) is 6.92 Å². The highest BCUT2D eigenvalue weighted by Crippen LogP contribution is 2.28. The van der Waals surface area contributed by atoms with Gasteiger partial charge in [-0.3, -0.25) is 4.79 Å². The van der Waals surface area contributed by atoms with Crippen LogP contribution in [0.2, 0.25) is 0 Å². The maximum Gasteiger partial charge on any atom is 0.324 e. The minimum atomic E-state index is -3.73. The van der Waals surface area contributed by atoms with Crippen molar-refractivity contribution in [2.45, 2.75) is 51.0 Å². The van der Waals surface area contributed by atoms with Crippen molar-refractivity contribution in [1.29, 1.82) is 0 Å². The van der Waals surface area contributed by atoms with Gasteiger partial charge < -0.3 is 5.11 Å². The van der Waals surface area contributed by atoms with Crippen molar-refractivity contribution in [2.75, 3.05) is 6.54 Å². The van der Waals surface area contributed by atoms with Gasteiger partial charge in [-0.05, 0) is 19.3 Å². The van der Waals surface area contributed by atoms with Crippen LogP contribution >= 0.6 is 0 Å². The number of carbonyl (C=O) groups is 1. The lowest BCUT2D eigenvalue weighted by Crippen LogP contribution is -2.58. The normalized spacial score (nSPS) is 20.1. The molecule has 0 spiro atoms. The van der Waals surface area contributed by atoms with Crippen LogP contribution < -0.4 is 9.44 Å². The number of hydrogen-bond acceptors (Lipinski definition) is 3. The fraction of sp³-hybridized carbons (Fsp3) is 0.900. The average Bonchev–Trinajstić information content (AvgIpc) is 2.27. The molecule has 0 unspecified atom stereocenters. The molecule has 1 fully saturated rings. The molecule has 0 aromatic heterocycles. The first-order chi connectivity index (χ1) is 7.92. The Hall–Kier alpha value is -0.660. The topological polar surface area (TPSA) is 95.5 Å². The van der Waals surface area contributed by atoms with E-state index in [1.165, 1.54) is 0 Å². The number of hydrogen-bond donors (Lipinski definition) is 3. The van der Waals surface area contributed by atoms with E-state index in [9.17, 15) is 18.3 Å². The number of carboxylic acid groups (broad SMARTS) is 1. The number of aliphatic carboxylic acids is 1. The molecule has 1 aliphatic carbocycles. The summed E-state index contributed by atoms with van der Waals surface area (Å²) in [7, 11) is -3.73. The van der Waals surface area contributed by atoms with Gasteiger partial charge in [-0.1, -0.05) is 26.2 Å². The zero-order chi connectivity index (χ0) is 12.9. The van der Waals surface area contributed by atoms with Gasteiger partial charge in [0.25, 0.3) is 10.2 Å². The Labute approximate surface area is 102 Å². The summed E-state index contributed by atoms with van der Waals surface area (Å²) in [5, 5.41) is 9.22. The van der Waals surface area contributed by atoms with Gasteiger partial charge in [-0.2, -0.15) is 13.1 Å². The van der Waals surface area contributed by atoms with E-state index in [1.54, 1.807) is 0 Å². The minimum Gasteiger partial charge on any atom is -0.480 e. The van der Waals surface area contributed by atoms with Crippen molar-refractivity contribution >= 4 is 16.2 Å². The predicted molar refractivity (Wildman–Crippen MR) is 63.8 cm³/mol. The summed E-state index contributed by atoms with van der Waals surface area (Å²) in [5.74, 6) is -1.08. The molecular formula is C10H20N2O4S. The molecular weight excluding hydrogens is 244 g/mol. The Bertz CT molecular complexity index is 361. The molecule has 100 valence electrons. The zero-order valence-electron chi connectivity index (χ0n) is 10.0. The molecule has 1 aliphatic rings. The van der Waals surface area contributed by atoms with Crippen LogP contribution in [0.4, 0.5) is 0 Å². The van der Waals surface area contributed by atoms with Crippen LogP contribution in [0, 0.1) is 0 Å². The number of rotatable bonds is 6. The van der Waals surface area contributed by atoms with E-state index < -0.39 is 21.7 Å². The van der Waals surface area contributed by atoms with Gasteiger partial charge >= 0.3 is 5.97 Å². The molecule has 1 rings (SSSR count). The summed E-state index contributed by atoms with van der Waals surface area (Å²) in [5.41, 5.74) is -1.32. The third kappa shape index (κ3) is 3.93. The molecule has 0 amide bonds. The predicted octanol–water partition coefficient (Wildman–Crippen LogP) is 0.608. The average molecular weight is 264 g/mol. The van der Waals surface area contributed by atoms with Crippen molar-refractivity contribution in [3.05, 3.63) is 0 Å². The fourth-order valence-corrected chi connectivity index (χ4v) is 3.40. The first kappa shape index (κ1) is 14.4. The molecule has 3 N–H and O–H groups in total. The monoisotopic (exact) mass is 264 g/mol. The first-order valence-electron chi connectivity index (χ1n) is 5.94. The smallest absolute Gasteiger partial charge is 0.324 e. The second kappa shape index (κ2) is 5.79. The molecule has 0 bridgehead atoms. The summed E-state index contributed by atoms with van der Waals surface area (Å²) >= 11 is 0. The maximum atomic E-state index is 11.7. The molecule has 0 aliphatic heterocycles. The molecule has 17 heavy (non-hydrogen) atoms. The molecule has 0 radical (unpaired) electrons. The summed E-state index contributed by atoms with van der Waals surface area (Å²) in [6.45, 7) is 2.15. The van der Waals surface area contributed by atoms with E-state index in [-0.39, 0.29) is 0 Å². The highest BCUT2D eigenvalue weighted by atomic mass is 32.2. The number of nitrogens with one attached hydrogen (secondary N) is 2. The highest BCUT2D eigenvalue weighted by molar-refractivity contribution is 7.87. The minimum absolute atomic E-state index is 0.311. The molecule has 0 aromatic carbocycles. The van der Waals surface area contributed by atoms with E-state index >= 15 is 0 Å². The van der Waals surface area contributed by atoms with Crippen LogP contribution in [-0.4, -0.2) is 31.6 Å². The number of carboxylic acids is 1. The first-order valence-corrected chi connectivity index (χ1v) is 7.42. The van der Waals surface area contributed by atoms with E-state index in [2.05, 4.69) is 9.44 Å². The van der Waals surface area contributed by atoms with Crippen molar-refractivity contribution in [3.8, 4) is 0 Å². The van der Waals surface area contributed by atoms with Crippen molar-refractivity contribution in [2.24, 2.45) is 0 Å². The SMILES string of the molecule is CCCNS(=O)(=O)NC1(C(=O)O)CCCCC1. The summed E-state index contributed by atoms with van der Waals surface area (Å²) < 4.78 is 28.0. The van der Waals surface area contributed by atoms with E-state index in [0.29, 0.717) is 25.8 Å². The quantitative estimate of drug-likeness (QED) is 0.655. The van der Waals surface area contributed by atoms with Gasteiger partial charge in [0, 0.05) is 6.54 Å². The van der Waals surface area contributed by atoms with Gasteiger partial charge in [-0.25, -0.2) is 4.72 Å². The van der Waals surface area contributed by atoms with Crippen LogP contribution in [0.3, 0.4) is 0 Å². The third-order valence-electron chi connectivity index (χ3n) is 2.99.